The van der Waals surface area contributed by atoms with E-state index in [1.807, 2.05) is 11.7 Å². The number of carbonyl (C=O) groups excluding carboxylic acids is 1. The molecule has 4 fully saturated rings. The first-order chi connectivity index (χ1) is 11.5. The Kier molecular flexibility index (Phi) is 3.18. The Morgan fingerprint density at radius 1 is 1.17 bits per heavy atom. The van der Waals surface area contributed by atoms with Crippen LogP contribution in [0.15, 0.2) is 0 Å². The van der Waals surface area contributed by atoms with Crippen molar-refractivity contribution in [2.75, 3.05) is 6.54 Å². The van der Waals surface area contributed by atoms with Gasteiger partial charge < -0.3 is 4.90 Å². The highest BCUT2D eigenvalue weighted by Crippen LogP contribution is 2.61. The third kappa shape index (κ3) is 2.25. The second-order valence-corrected chi connectivity index (χ2v) is 9.29. The van der Waals surface area contributed by atoms with E-state index in [2.05, 4.69) is 16.9 Å². The fourth-order valence-electron chi connectivity index (χ4n) is 6.93. The lowest BCUT2D eigenvalue weighted by atomic mass is 9.49. The molecule has 1 aromatic heterocycles. The predicted molar refractivity (Wildman–Crippen MR) is 92.3 cm³/mol. The Labute approximate surface area is 144 Å². The smallest absolute Gasteiger partial charge is 0.223 e. The molecule has 1 aromatic rings. The van der Waals surface area contributed by atoms with Crippen molar-refractivity contribution in [3.05, 3.63) is 17.0 Å². The van der Waals surface area contributed by atoms with Crippen molar-refractivity contribution in [1.29, 1.82) is 0 Å². The Morgan fingerprint density at radius 3 is 2.42 bits per heavy atom. The Morgan fingerprint density at radius 2 is 1.79 bits per heavy atom. The van der Waals surface area contributed by atoms with Gasteiger partial charge >= 0.3 is 0 Å². The molecule has 0 atom stereocenters. The predicted octanol–water partition coefficient (Wildman–Crippen LogP) is 3.22. The highest BCUT2D eigenvalue weighted by atomic mass is 16.2. The van der Waals surface area contributed by atoms with Crippen LogP contribution in [0.5, 0.6) is 0 Å². The number of rotatable bonds is 2. The highest BCUT2D eigenvalue weighted by molar-refractivity contribution is 5.77. The first kappa shape index (κ1) is 15.0. The van der Waals surface area contributed by atoms with Gasteiger partial charge in [0, 0.05) is 20.0 Å². The zero-order valence-corrected chi connectivity index (χ0v) is 15.1. The van der Waals surface area contributed by atoms with Gasteiger partial charge in [0.2, 0.25) is 5.91 Å². The van der Waals surface area contributed by atoms with Crippen molar-refractivity contribution in [3.8, 4) is 0 Å². The van der Waals surface area contributed by atoms with Gasteiger partial charge in [-0.05, 0) is 80.6 Å². The van der Waals surface area contributed by atoms with E-state index in [0.29, 0.717) is 11.3 Å². The van der Waals surface area contributed by atoms with Gasteiger partial charge in [-0.3, -0.25) is 9.48 Å². The molecule has 4 heteroatoms. The summed E-state index contributed by atoms with van der Waals surface area (Å²) in [6.45, 7) is 3.73. The largest absolute Gasteiger partial charge is 0.336 e. The van der Waals surface area contributed by atoms with Crippen molar-refractivity contribution in [2.45, 2.75) is 64.8 Å². The summed E-state index contributed by atoms with van der Waals surface area (Å²) >= 11 is 0. The molecular formula is C20H29N3O. The van der Waals surface area contributed by atoms with Crippen LogP contribution in [0.25, 0.3) is 0 Å². The average Bonchev–Trinajstić information content (AvgIpc) is 2.80. The van der Waals surface area contributed by atoms with Crippen LogP contribution in [0.1, 0.15) is 61.9 Å². The molecule has 0 radical (unpaired) electrons. The van der Waals surface area contributed by atoms with Crippen LogP contribution in [-0.4, -0.2) is 27.1 Å². The second-order valence-electron chi connectivity index (χ2n) is 9.29. The van der Waals surface area contributed by atoms with E-state index in [-0.39, 0.29) is 0 Å². The number of amides is 1. The molecule has 130 valence electrons. The van der Waals surface area contributed by atoms with Crippen molar-refractivity contribution >= 4 is 5.91 Å². The monoisotopic (exact) mass is 327 g/mol. The summed E-state index contributed by atoms with van der Waals surface area (Å²) in [4.78, 5) is 15.2. The fraction of sp³-hybridized carbons (Fsp3) is 0.800. The van der Waals surface area contributed by atoms with Crippen LogP contribution in [-0.2, 0) is 24.8 Å². The molecule has 1 amide bonds. The number of aryl methyl sites for hydroxylation is 2. The van der Waals surface area contributed by atoms with Crippen LogP contribution in [0.4, 0.5) is 0 Å². The van der Waals surface area contributed by atoms with Crippen molar-refractivity contribution in [3.63, 3.8) is 0 Å². The normalized spacial score (nSPS) is 36.9. The average molecular weight is 327 g/mol. The molecule has 4 nitrogen and oxygen atoms in total. The maximum atomic E-state index is 13.1. The number of fused-ring (bicyclic) bond motifs is 1. The lowest BCUT2D eigenvalue weighted by molar-refractivity contribution is -0.140. The van der Waals surface area contributed by atoms with E-state index in [0.717, 1.165) is 49.4 Å². The summed E-state index contributed by atoms with van der Waals surface area (Å²) in [7, 11) is 2.01. The molecule has 0 saturated heterocycles. The van der Waals surface area contributed by atoms with E-state index in [1.54, 1.807) is 0 Å². The number of carbonyl (C=O) groups is 1. The summed E-state index contributed by atoms with van der Waals surface area (Å²) in [5.41, 5.74) is 4.11. The number of nitrogens with zero attached hydrogens (tertiary/aromatic N) is 3. The molecule has 4 saturated carbocycles. The zero-order chi connectivity index (χ0) is 16.5. The van der Waals surface area contributed by atoms with Gasteiger partial charge in [-0.25, -0.2) is 0 Å². The summed E-state index contributed by atoms with van der Waals surface area (Å²) in [5.74, 6) is 3.19. The van der Waals surface area contributed by atoms with Crippen LogP contribution in [0, 0.1) is 30.1 Å². The number of aromatic nitrogens is 2. The van der Waals surface area contributed by atoms with E-state index in [9.17, 15) is 4.79 Å². The van der Waals surface area contributed by atoms with Crippen molar-refractivity contribution in [2.24, 2.45) is 30.2 Å². The molecule has 0 unspecified atom stereocenters. The lowest BCUT2D eigenvalue weighted by Crippen LogP contribution is -2.49. The van der Waals surface area contributed by atoms with Gasteiger partial charge in [0.15, 0.2) is 0 Å². The Balaban J connectivity index is 1.32. The molecule has 24 heavy (non-hydrogen) atoms. The topological polar surface area (TPSA) is 38.1 Å². The molecule has 4 bridgehead atoms. The van der Waals surface area contributed by atoms with E-state index < -0.39 is 0 Å². The van der Waals surface area contributed by atoms with E-state index in [1.165, 1.54) is 49.8 Å². The van der Waals surface area contributed by atoms with Crippen molar-refractivity contribution in [1.82, 2.24) is 14.7 Å². The summed E-state index contributed by atoms with van der Waals surface area (Å²) in [5, 5.41) is 4.55. The second kappa shape index (κ2) is 5.09. The maximum Gasteiger partial charge on any atom is 0.223 e. The van der Waals surface area contributed by atoms with E-state index in [4.69, 9.17) is 0 Å². The molecule has 2 heterocycles. The summed E-state index contributed by atoms with van der Waals surface area (Å²) < 4.78 is 1.98. The van der Waals surface area contributed by atoms with Gasteiger partial charge in [0.05, 0.1) is 17.9 Å². The first-order valence-electron chi connectivity index (χ1n) is 9.80. The van der Waals surface area contributed by atoms with Crippen LogP contribution in [0.3, 0.4) is 0 Å². The maximum absolute atomic E-state index is 13.1. The summed E-state index contributed by atoms with van der Waals surface area (Å²) in [6.07, 6.45) is 10.1. The third-order valence-corrected chi connectivity index (χ3v) is 7.49. The van der Waals surface area contributed by atoms with Crippen LogP contribution < -0.4 is 0 Å². The standard InChI is InChI=1S/C20H29N3O/c1-13-17-3-4-23(12-18(17)22(2)21-13)19(24)11-20-8-14-5-15(9-20)7-16(6-14)10-20/h14-16H,3-12H2,1-2H3. The third-order valence-electron chi connectivity index (χ3n) is 7.49. The zero-order valence-electron chi connectivity index (χ0n) is 15.1. The van der Waals surface area contributed by atoms with Gasteiger partial charge in [0.1, 0.15) is 0 Å². The van der Waals surface area contributed by atoms with Crippen molar-refractivity contribution < 1.29 is 4.79 Å². The lowest BCUT2D eigenvalue weighted by Gasteiger charge is -2.57. The molecule has 5 aliphatic rings. The summed E-state index contributed by atoms with van der Waals surface area (Å²) in [6, 6.07) is 0. The SMILES string of the molecule is Cc1nn(C)c2c1CCN(C(=O)CC13CC4CC(CC(C4)C1)C3)C2. The molecule has 6 rings (SSSR count). The minimum atomic E-state index is 0.356. The highest BCUT2D eigenvalue weighted by Gasteiger charge is 2.51. The Bertz CT molecular complexity index is 654. The molecule has 1 aliphatic heterocycles. The fourth-order valence-corrected chi connectivity index (χ4v) is 6.93. The molecule has 0 spiro atoms. The number of hydrogen-bond donors (Lipinski definition) is 0. The Hall–Kier alpha value is -1.32. The molecule has 0 N–H and O–H groups in total. The first-order valence-corrected chi connectivity index (χ1v) is 9.80. The molecule has 4 aliphatic carbocycles. The minimum Gasteiger partial charge on any atom is -0.336 e. The van der Waals surface area contributed by atoms with E-state index >= 15 is 0 Å². The molecule has 0 aromatic carbocycles. The number of hydrogen-bond acceptors (Lipinski definition) is 2. The van der Waals surface area contributed by atoms with Gasteiger partial charge in [-0.2, -0.15) is 5.10 Å². The van der Waals surface area contributed by atoms with Crippen LogP contribution >= 0.6 is 0 Å². The van der Waals surface area contributed by atoms with Gasteiger partial charge in [0.25, 0.3) is 0 Å². The molecular weight excluding hydrogens is 298 g/mol. The quantitative estimate of drug-likeness (QED) is 0.836. The van der Waals surface area contributed by atoms with Crippen LogP contribution in [0.2, 0.25) is 0 Å². The van der Waals surface area contributed by atoms with Gasteiger partial charge in [-0.1, -0.05) is 0 Å². The minimum absolute atomic E-state index is 0.356. The van der Waals surface area contributed by atoms with Gasteiger partial charge in [-0.15, -0.1) is 0 Å².